The van der Waals surface area contributed by atoms with Crippen molar-refractivity contribution in [2.45, 2.75) is 30.3 Å². The van der Waals surface area contributed by atoms with Gasteiger partial charge in [0, 0.05) is 29.6 Å². The summed E-state index contributed by atoms with van der Waals surface area (Å²) in [5, 5.41) is 0.0866. The Morgan fingerprint density at radius 3 is 2.78 bits per heavy atom. The van der Waals surface area contributed by atoms with Crippen molar-refractivity contribution in [1.82, 2.24) is 9.97 Å². The second-order valence-electron chi connectivity index (χ2n) is 4.15. The first kappa shape index (κ1) is 13.7. The summed E-state index contributed by atoms with van der Waals surface area (Å²) < 4.78 is 43.8. The van der Waals surface area contributed by atoms with Crippen molar-refractivity contribution in [3.63, 3.8) is 0 Å². The molecule has 0 bridgehead atoms. The Kier molecular flexibility index (Phi) is 4.21. The van der Waals surface area contributed by atoms with Crippen LogP contribution in [-0.4, -0.2) is 23.2 Å². The van der Waals surface area contributed by atoms with Gasteiger partial charge < -0.3 is 4.74 Å². The zero-order valence-corrected chi connectivity index (χ0v) is 11.1. The highest BCUT2D eigenvalue weighted by atomic mass is 79.9. The van der Waals surface area contributed by atoms with Crippen LogP contribution in [0.15, 0.2) is 6.20 Å². The Balaban J connectivity index is 2.33. The summed E-state index contributed by atoms with van der Waals surface area (Å²) in [6.07, 6.45) is -1.61. The minimum Gasteiger partial charge on any atom is -0.381 e. The van der Waals surface area contributed by atoms with Gasteiger partial charge in [-0.05, 0) is 12.8 Å². The summed E-state index contributed by atoms with van der Waals surface area (Å²) in [5.74, 6) is 0.0935. The van der Waals surface area contributed by atoms with E-state index < -0.39 is 11.9 Å². The lowest BCUT2D eigenvalue weighted by atomic mass is 10.0. The molecule has 100 valence electrons. The monoisotopic (exact) mass is 324 g/mol. The van der Waals surface area contributed by atoms with E-state index in [2.05, 4.69) is 25.9 Å². The fourth-order valence-corrected chi connectivity index (χ4v) is 2.32. The molecule has 1 aliphatic rings. The molecule has 1 fully saturated rings. The summed E-state index contributed by atoms with van der Waals surface area (Å²) in [6.45, 7) is 1.05. The third-order valence-electron chi connectivity index (χ3n) is 2.82. The number of rotatable bonds is 2. The van der Waals surface area contributed by atoms with Gasteiger partial charge >= 0.3 is 6.18 Å². The Bertz CT molecular complexity index is 419. The Hall–Kier alpha value is -0.690. The first-order chi connectivity index (χ1) is 8.52. The van der Waals surface area contributed by atoms with Crippen molar-refractivity contribution < 1.29 is 17.9 Å². The summed E-state index contributed by atoms with van der Waals surface area (Å²) in [6, 6.07) is 0. The topological polar surface area (TPSA) is 35.0 Å². The van der Waals surface area contributed by atoms with Crippen LogP contribution >= 0.6 is 15.9 Å². The molecule has 0 aromatic carbocycles. The lowest BCUT2D eigenvalue weighted by molar-refractivity contribution is -0.142. The maximum atomic E-state index is 12.8. The van der Waals surface area contributed by atoms with E-state index in [9.17, 15) is 13.2 Å². The maximum absolute atomic E-state index is 12.8. The second kappa shape index (κ2) is 5.52. The van der Waals surface area contributed by atoms with Gasteiger partial charge in [-0.1, -0.05) is 15.9 Å². The first-order valence-electron chi connectivity index (χ1n) is 5.59. The van der Waals surface area contributed by atoms with Crippen LogP contribution in [0, 0.1) is 0 Å². The molecule has 18 heavy (non-hydrogen) atoms. The Morgan fingerprint density at radius 2 is 2.22 bits per heavy atom. The number of halogens is 4. The fraction of sp³-hybridized carbons (Fsp3) is 0.636. The van der Waals surface area contributed by atoms with Crippen LogP contribution in [0.5, 0.6) is 0 Å². The summed E-state index contributed by atoms with van der Waals surface area (Å²) in [5.41, 5.74) is -0.794. The van der Waals surface area contributed by atoms with Crippen LogP contribution in [-0.2, 0) is 16.2 Å². The molecular weight excluding hydrogens is 313 g/mol. The number of ether oxygens (including phenoxy) is 1. The molecule has 1 atom stereocenters. The van der Waals surface area contributed by atoms with Crippen molar-refractivity contribution in [2.24, 2.45) is 0 Å². The quantitative estimate of drug-likeness (QED) is 0.783. The molecule has 1 saturated heterocycles. The summed E-state index contributed by atoms with van der Waals surface area (Å²) in [4.78, 5) is 7.72. The second-order valence-corrected chi connectivity index (χ2v) is 4.71. The molecule has 0 amide bonds. The molecule has 1 unspecified atom stereocenters. The van der Waals surface area contributed by atoms with Crippen LogP contribution in [0.3, 0.4) is 0 Å². The van der Waals surface area contributed by atoms with E-state index >= 15 is 0 Å². The van der Waals surface area contributed by atoms with Gasteiger partial charge in [0.15, 0.2) is 5.69 Å². The van der Waals surface area contributed by atoms with E-state index in [4.69, 9.17) is 4.74 Å². The highest BCUT2D eigenvalue weighted by Gasteiger charge is 2.36. The molecule has 7 heteroatoms. The van der Waals surface area contributed by atoms with Crippen LogP contribution in [0.4, 0.5) is 13.2 Å². The van der Waals surface area contributed by atoms with E-state index in [1.807, 2.05) is 0 Å². The van der Waals surface area contributed by atoms with Crippen molar-refractivity contribution in [2.75, 3.05) is 13.2 Å². The third kappa shape index (κ3) is 3.00. The molecule has 2 rings (SSSR count). The molecule has 2 heterocycles. The summed E-state index contributed by atoms with van der Waals surface area (Å²) in [7, 11) is 0. The van der Waals surface area contributed by atoms with Crippen LogP contribution < -0.4 is 0 Å². The van der Waals surface area contributed by atoms with Gasteiger partial charge in [0.25, 0.3) is 0 Å². The molecule has 1 aromatic heterocycles. The van der Waals surface area contributed by atoms with Crippen molar-refractivity contribution >= 4 is 15.9 Å². The molecule has 0 saturated carbocycles. The molecule has 3 nitrogen and oxygen atoms in total. The van der Waals surface area contributed by atoms with Crippen molar-refractivity contribution in [3.05, 3.63) is 23.3 Å². The van der Waals surface area contributed by atoms with E-state index in [0.717, 1.165) is 12.8 Å². The molecule has 0 spiro atoms. The van der Waals surface area contributed by atoms with Crippen LogP contribution in [0.2, 0.25) is 0 Å². The normalized spacial score (nSPS) is 21.0. The van der Waals surface area contributed by atoms with Gasteiger partial charge in [-0.25, -0.2) is 9.97 Å². The van der Waals surface area contributed by atoms with Gasteiger partial charge in [-0.2, -0.15) is 13.2 Å². The van der Waals surface area contributed by atoms with E-state index in [-0.39, 0.29) is 22.6 Å². The predicted octanol–water partition coefficient (Wildman–Crippen LogP) is 3.28. The number of alkyl halides is 4. The molecule has 1 aliphatic heterocycles. The maximum Gasteiger partial charge on any atom is 0.433 e. The van der Waals surface area contributed by atoms with Gasteiger partial charge in [0.1, 0.15) is 5.82 Å². The van der Waals surface area contributed by atoms with E-state index in [1.54, 1.807) is 0 Å². The zero-order valence-electron chi connectivity index (χ0n) is 9.50. The lowest BCUT2D eigenvalue weighted by Crippen LogP contribution is -2.21. The number of hydrogen-bond donors (Lipinski definition) is 0. The fourth-order valence-electron chi connectivity index (χ4n) is 1.90. The minimum atomic E-state index is -4.45. The molecule has 0 N–H and O–H groups in total. The van der Waals surface area contributed by atoms with Crippen LogP contribution in [0.25, 0.3) is 0 Å². The number of nitrogens with zero attached hydrogens (tertiary/aromatic N) is 2. The highest BCUT2D eigenvalue weighted by molar-refractivity contribution is 9.08. The van der Waals surface area contributed by atoms with Gasteiger partial charge in [0.05, 0.1) is 6.61 Å². The Labute approximate surface area is 111 Å². The smallest absolute Gasteiger partial charge is 0.381 e. The Morgan fingerprint density at radius 1 is 1.44 bits per heavy atom. The third-order valence-corrected chi connectivity index (χ3v) is 3.43. The molecule has 0 aliphatic carbocycles. The molecule has 1 aromatic rings. The largest absolute Gasteiger partial charge is 0.433 e. The van der Waals surface area contributed by atoms with E-state index in [0.29, 0.717) is 13.2 Å². The number of aromatic nitrogens is 2. The van der Waals surface area contributed by atoms with Crippen molar-refractivity contribution in [3.8, 4) is 0 Å². The zero-order chi connectivity index (χ0) is 13.2. The molecular formula is C11H12BrF3N2O. The highest BCUT2D eigenvalue weighted by Crippen LogP contribution is 2.32. The first-order valence-corrected chi connectivity index (χ1v) is 6.71. The molecule has 0 radical (unpaired) electrons. The predicted molar refractivity (Wildman–Crippen MR) is 62.5 cm³/mol. The average Bonchev–Trinajstić information content (AvgIpc) is 2.38. The van der Waals surface area contributed by atoms with E-state index in [1.165, 1.54) is 6.20 Å². The minimum absolute atomic E-state index is 0.0583. The average molecular weight is 325 g/mol. The van der Waals surface area contributed by atoms with Gasteiger partial charge in [-0.3, -0.25) is 0 Å². The standard InChI is InChI=1S/C11H12BrF3N2O/c12-4-8-5-16-10(7-2-1-3-18-6-7)17-9(8)11(13,14)15/h5,7H,1-4,6H2. The van der Waals surface area contributed by atoms with Gasteiger partial charge in [-0.15, -0.1) is 0 Å². The SMILES string of the molecule is FC(F)(F)c1nc(C2CCCOC2)ncc1CBr. The number of hydrogen-bond acceptors (Lipinski definition) is 3. The summed E-state index contributed by atoms with van der Waals surface area (Å²) >= 11 is 3.02. The van der Waals surface area contributed by atoms with Gasteiger partial charge in [0.2, 0.25) is 0 Å². The van der Waals surface area contributed by atoms with Crippen LogP contribution in [0.1, 0.15) is 35.8 Å². The lowest BCUT2D eigenvalue weighted by Gasteiger charge is -2.21. The van der Waals surface area contributed by atoms with Crippen molar-refractivity contribution in [1.29, 1.82) is 0 Å².